The van der Waals surface area contributed by atoms with Crippen molar-refractivity contribution in [1.82, 2.24) is 9.47 Å². The highest BCUT2D eigenvalue weighted by molar-refractivity contribution is 5.98. The van der Waals surface area contributed by atoms with E-state index in [1.165, 1.54) is 10.9 Å². The summed E-state index contributed by atoms with van der Waals surface area (Å²) in [6, 6.07) is 15.7. The minimum atomic E-state index is -0.188. The Balaban J connectivity index is 1.40. The summed E-state index contributed by atoms with van der Waals surface area (Å²) < 4.78 is 15.4. The highest BCUT2D eigenvalue weighted by Gasteiger charge is 2.43. The Morgan fingerprint density at radius 3 is 2.43 bits per heavy atom. The molecule has 2 saturated heterocycles. The first-order chi connectivity index (χ1) is 13.6. The van der Waals surface area contributed by atoms with Gasteiger partial charge in [0.25, 0.3) is 5.91 Å². The van der Waals surface area contributed by atoms with Crippen LogP contribution in [-0.4, -0.2) is 27.5 Å². The molecule has 3 heterocycles. The molecule has 0 spiro atoms. The van der Waals surface area contributed by atoms with Crippen molar-refractivity contribution < 1.29 is 9.18 Å². The summed E-state index contributed by atoms with van der Waals surface area (Å²) in [5.74, 6) is 0.393. The number of aromatic nitrogens is 1. The van der Waals surface area contributed by atoms with Crippen molar-refractivity contribution in [3.05, 3.63) is 71.7 Å². The number of carbonyl (C=O) groups is 1. The average Bonchev–Trinajstić information content (AvgIpc) is 3.25. The molecule has 4 heteroatoms. The monoisotopic (exact) mass is 376 g/mol. The molecule has 144 valence electrons. The molecule has 3 atom stereocenters. The van der Waals surface area contributed by atoms with Gasteiger partial charge >= 0.3 is 0 Å². The Kier molecular flexibility index (Phi) is 4.22. The lowest BCUT2D eigenvalue weighted by molar-refractivity contribution is 0.0571. The van der Waals surface area contributed by atoms with Gasteiger partial charge in [0.2, 0.25) is 0 Å². The predicted octanol–water partition coefficient (Wildman–Crippen LogP) is 5.35. The largest absolute Gasteiger partial charge is 0.348 e. The van der Waals surface area contributed by atoms with Crippen LogP contribution in [0.25, 0.3) is 10.9 Å². The molecule has 2 bridgehead atoms. The second-order valence-electron chi connectivity index (χ2n) is 8.19. The van der Waals surface area contributed by atoms with Crippen molar-refractivity contribution >= 4 is 16.8 Å². The summed E-state index contributed by atoms with van der Waals surface area (Å²) in [5, 5.41) is 1.18. The lowest BCUT2D eigenvalue weighted by Gasteiger charge is -2.39. The third-order valence-corrected chi connectivity index (χ3v) is 6.67. The Hall–Kier alpha value is -2.62. The minimum absolute atomic E-state index is 0.163. The Morgan fingerprint density at radius 2 is 1.75 bits per heavy atom. The van der Waals surface area contributed by atoms with Crippen LogP contribution in [0.2, 0.25) is 0 Å². The number of halogens is 1. The van der Waals surface area contributed by atoms with Gasteiger partial charge in [0.05, 0.1) is 0 Å². The summed E-state index contributed by atoms with van der Waals surface area (Å²) in [5.41, 5.74) is 3.12. The van der Waals surface area contributed by atoms with Crippen LogP contribution in [0.15, 0.2) is 54.7 Å². The number of hydrogen-bond donors (Lipinski definition) is 0. The van der Waals surface area contributed by atoms with Gasteiger partial charge in [0.1, 0.15) is 5.82 Å². The van der Waals surface area contributed by atoms with Crippen molar-refractivity contribution in [3.63, 3.8) is 0 Å². The van der Waals surface area contributed by atoms with Crippen molar-refractivity contribution in [2.75, 3.05) is 0 Å². The molecular weight excluding hydrogens is 351 g/mol. The van der Waals surface area contributed by atoms with Crippen molar-refractivity contribution in [1.29, 1.82) is 0 Å². The fraction of sp³-hybridized carbons (Fsp3) is 0.375. The number of aryl methyl sites for hydroxylation is 1. The smallest absolute Gasteiger partial charge is 0.254 e. The zero-order valence-electron chi connectivity index (χ0n) is 16.1. The van der Waals surface area contributed by atoms with Gasteiger partial charge in [-0.3, -0.25) is 4.79 Å². The Bertz CT molecular complexity index is 1010. The average molecular weight is 376 g/mol. The molecule has 3 aromatic rings. The van der Waals surface area contributed by atoms with Gasteiger partial charge < -0.3 is 9.47 Å². The first-order valence-electron chi connectivity index (χ1n) is 10.3. The lowest BCUT2D eigenvalue weighted by Crippen LogP contribution is -2.46. The van der Waals surface area contributed by atoms with Crippen molar-refractivity contribution in [2.24, 2.45) is 0 Å². The first kappa shape index (κ1) is 17.5. The molecular formula is C24H25FN2O. The maximum Gasteiger partial charge on any atom is 0.254 e. The number of hydrogen-bond acceptors (Lipinski definition) is 1. The molecule has 0 aliphatic carbocycles. The predicted molar refractivity (Wildman–Crippen MR) is 109 cm³/mol. The zero-order chi connectivity index (χ0) is 19.3. The minimum Gasteiger partial charge on any atom is -0.348 e. The Labute approximate surface area is 164 Å². The summed E-state index contributed by atoms with van der Waals surface area (Å²) in [4.78, 5) is 15.5. The lowest BCUT2D eigenvalue weighted by atomic mass is 9.85. The third kappa shape index (κ3) is 2.83. The van der Waals surface area contributed by atoms with Gasteiger partial charge in [-0.1, -0.05) is 18.2 Å². The van der Waals surface area contributed by atoms with E-state index in [0.717, 1.165) is 43.3 Å². The van der Waals surface area contributed by atoms with Crippen molar-refractivity contribution in [3.8, 4) is 0 Å². The van der Waals surface area contributed by atoms with Crippen LogP contribution in [0, 0.1) is 5.82 Å². The van der Waals surface area contributed by atoms with Gasteiger partial charge in [-0.15, -0.1) is 0 Å². The van der Waals surface area contributed by atoms with Gasteiger partial charge in [-0.2, -0.15) is 0 Å². The highest BCUT2D eigenvalue weighted by Crippen LogP contribution is 2.43. The van der Waals surface area contributed by atoms with Crippen LogP contribution in [0.5, 0.6) is 0 Å². The van der Waals surface area contributed by atoms with E-state index in [1.807, 2.05) is 24.3 Å². The molecule has 1 aromatic heterocycles. The molecule has 0 radical (unpaired) electrons. The van der Waals surface area contributed by atoms with Gasteiger partial charge in [-0.25, -0.2) is 4.39 Å². The van der Waals surface area contributed by atoms with Gasteiger partial charge in [-0.05, 0) is 79.8 Å². The first-order valence-corrected chi connectivity index (χ1v) is 10.3. The van der Waals surface area contributed by atoms with Crippen molar-refractivity contribution in [2.45, 2.75) is 57.2 Å². The summed E-state index contributed by atoms with van der Waals surface area (Å²) >= 11 is 0. The maximum absolute atomic E-state index is 13.4. The molecule has 2 aliphatic heterocycles. The van der Waals surface area contributed by atoms with E-state index in [0.29, 0.717) is 5.92 Å². The molecule has 1 amide bonds. The quantitative estimate of drug-likeness (QED) is 0.605. The molecule has 28 heavy (non-hydrogen) atoms. The standard InChI is InChI=1S/C24H25FN2O/c1-2-26-12-11-17-3-4-18(15-23(17)26)24(28)27-21-9-10-22(27)14-19(13-21)16-5-7-20(25)8-6-16/h3-8,11-12,15,19,21-22H,2,9-10,13-14H2,1H3/t19-,21+,22-. The molecule has 0 N–H and O–H groups in total. The normalized spacial score (nSPS) is 24.1. The van der Waals surface area contributed by atoms with E-state index in [-0.39, 0.29) is 23.8 Å². The molecule has 0 unspecified atom stereocenters. The Morgan fingerprint density at radius 1 is 1.04 bits per heavy atom. The van der Waals surface area contributed by atoms with Crippen LogP contribution >= 0.6 is 0 Å². The molecule has 5 rings (SSSR count). The van der Waals surface area contributed by atoms with Gasteiger partial charge in [0, 0.05) is 35.9 Å². The van der Waals surface area contributed by atoms with Crippen LogP contribution in [0.1, 0.15) is 54.4 Å². The fourth-order valence-electron chi connectivity index (χ4n) is 5.26. The van der Waals surface area contributed by atoms with Gasteiger partial charge in [0.15, 0.2) is 0 Å². The molecule has 2 aromatic carbocycles. The fourth-order valence-corrected chi connectivity index (χ4v) is 5.26. The number of amides is 1. The van der Waals surface area contributed by atoms with E-state index < -0.39 is 0 Å². The SMILES string of the molecule is CCn1ccc2ccc(C(=O)N3[C@@H]4CC[C@H]3C[C@@H](c3ccc(F)cc3)C4)cc21. The second kappa shape index (κ2) is 6.77. The van der Waals surface area contributed by atoms with Crippen LogP contribution in [0.4, 0.5) is 4.39 Å². The molecule has 2 fully saturated rings. The van der Waals surface area contributed by atoms with E-state index in [9.17, 15) is 9.18 Å². The zero-order valence-corrected chi connectivity index (χ0v) is 16.1. The number of nitrogens with zero attached hydrogens (tertiary/aromatic N) is 2. The molecule has 0 saturated carbocycles. The number of piperidine rings is 1. The van der Waals surface area contributed by atoms with E-state index in [1.54, 1.807) is 12.1 Å². The summed E-state index contributed by atoms with van der Waals surface area (Å²) in [6.45, 7) is 3.02. The van der Waals surface area contributed by atoms with E-state index in [4.69, 9.17) is 0 Å². The summed E-state index contributed by atoms with van der Waals surface area (Å²) in [6.07, 6.45) is 6.17. The summed E-state index contributed by atoms with van der Waals surface area (Å²) in [7, 11) is 0. The number of fused-ring (bicyclic) bond motifs is 3. The van der Waals surface area contributed by atoms with Crippen LogP contribution < -0.4 is 0 Å². The second-order valence-corrected chi connectivity index (χ2v) is 8.19. The third-order valence-electron chi connectivity index (χ3n) is 6.67. The number of carbonyl (C=O) groups excluding carboxylic acids is 1. The number of benzene rings is 2. The number of rotatable bonds is 3. The maximum atomic E-state index is 13.4. The van der Waals surface area contributed by atoms with Crippen LogP contribution in [0.3, 0.4) is 0 Å². The molecule has 3 nitrogen and oxygen atoms in total. The topological polar surface area (TPSA) is 25.2 Å². The molecule has 2 aliphatic rings. The van der Waals surface area contributed by atoms with Crippen LogP contribution in [-0.2, 0) is 6.54 Å². The highest BCUT2D eigenvalue weighted by atomic mass is 19.1. The van der Waals surface area contributed by atoms with E-state index >= 15 is 0 Å². The van der Waals surface area contributed by atoms with E-state index in [2.05, 4.69) is 34.7 Å².